The van der Waals surface area contributed by atoms with Crippen LogP contribution in [-0.2, 0) is 20.9 Å². The first-order valence-corrected chi connectivity index (χ1v) is 15.1. The molecule has 3 heterocycles. The molecule has 5 rings (SSSR count). The number of halogens is 1. The lowest BCUT2D eigenvalue weighted by Crippen LogP contribution is -2.57. The molecule has 0 radical (unpaired) electrons. The van der Waals surface area contributed by atoms with Gasteiger partial charge in [-0.3, -0.25) is 14.5 Å². The number of hydrogen-bond donors (Lipinski definition) is 2. The Kier molecular flexibility index (Phi) is 9.47. The first-order valence-electron chi connectivity index (χ1n) is 14.7. The Morgan fingerprint density at radius 2 is 1.93 bits per heavy atom. The van der Waals surface area contributed by atoms with Gasteiger partial charge in [-0.15, -0.1) is 5.10 Å². The predicted octanol–water partition coefficient (Wildman–Crippen LogP) is 3.81. The summed E-state index contributed by atoms with van der Waals surface area (Å²) in [5.74, 6) is -0.853. The zero-order chi connectivity index (χ0) is 32.1. The minimum absolute atomic E-state index is 0.00777. The van der Waals surface area contributed by atoms with Crippen LogP contribution in [-0.4, -0.2) is 77.0 Å². The lowest BCUT2D eigenvalue weighted by Gasteiger charge is -2.39. The van der Waals surface area contributed by atoms with E-state index < -0.39 is 35.6 Å². The molecule has 0 saturated carbocycles. The van der Waals surface area contributed by atoms with Crippen LogP contribution in [0.25, 0.3) is 11.4 Å². The highest BCUT2D eigenvalue weighted by Gasteiger charge is 2.39. The van der Waals surface area contributed by atoms with Gasteiger partial charge in [0.2, 0.25) is 11.8 Å². The van der Waals surface area contributed by atoms with E-state index in [1.165, 1.54) is 15.9 Å². The number of rotatable bonds is 8. The van der Waals surface area contributed by atoms with E-state index in [2.05, 4.69) is 31.3 Å². The number of aromatic nitrogens is 6. The van der Waals surface area contributed by atoms with Gasteiger partial charge in [0, 0.05) is 30.5 Å². The number of nitrogens with one attached hydrogen (secondary N) is 2. The molecule has 13 nitrogen and oxygen atoms in total. The van der Waals surface area contributed by atoms with Crippen LogP contribution in [0.15, 0.2) is 67.3 Å². The maximum atomic E-state index is 13.8. The molecule has 45 heavy (non-hydrogen) atoms. The van der Waals surface area contributed by atoms with E-state index in [9.17, 15) is 14.4 Å². The minimum Gasteiger partial charge on any atom is -0.444 e. The molecule has 1 fully saturated rings. The molecule has 0 aliphatic carbocycles. The normalized spacial score (nSPS) is 17.4. The summed E-state index contributed by atoms with van der Waals surface area (Å²) in [6.07, 6.45) is 5.46. The van der Waals surface area contributed by atoms with Crippen molar-refractivity contribution >= 4 is 29.5 Å². The Morgan fingerprint density at radius 3 is 2.64 bits per heavy atom. The van der Waals surface area contributed by atoms with Crippen molar-refractivity contribution < 1.29 is 19.1 Å². The summed E-state index contributed by atoms with van der Waals surface area (Å²) in [5.41, 5.74) is 2.54. The van der Waals surface area contributed by atoms with Gasteiger partial charge in [-0.05, 0) is 104 Å². The van der Waals surface area contributed by atoms with Gasteiger partial charge in [-0.25, -0.2) is 14.2 Å². The van der Waals surface area contributed by atoms with Gasteiger partial charge in [-0.2, -0.15) is 5.10 Å². The topological polar surface area (TPSA) is 149 Å². The third-order valence-corrected chi connectivity index (χ3v) is 7.72. The third-order valence-electron chi connectivity index (χ3n) is 7.49. The lowest BCUT2D eigenvalue weighted by atomic mass is 9.84. The average Bonchev–Trinajstić information content (AvgIpc) is 3.74. The number of carbonyl (C=O) groups is 3. The Labute approximate surface area is 265 Å². The van der Waals surface area contributed by atoms with E-state index in [0.717, 1.165) is 11.3 Å². The molecular formula is C31H36ClN9O4. The molecule has 0 unspecified atom stereocenters. The van der Waals surface area contributed by atoms with Crippen molar-refractivity contribution in [2.24, 2.45) is 0 Å². The molecule has 236 valence electrons. The van der Waals surface area contributed by atoms with Crippen LogP contribution in [0.1, 0.15) is 57.6 Å². The first kappa shape index (κ1) is 31.6. The van der Waals surface area contributed by atoms with Crippen molar-refractivity contribution in [3.05, 3.63) is 83.4 Å². The van der Waals surface area contributed by atoms with Gasteiger partial charge < -0.3 is 15.4 Å². The molecular weight excluding hydrogens is 598 g/mol. The second-order valence-corrected chi connectivity index (χ2v) is 12.4. The van der Waals surface area contributed by atoms with E-state index in [-0.39, 0.29) is 12.5 Å². The van der Waals surface area contributed by atoms with Gasteiger partial charge in [0.05, 0.1) is 11.4 Å². The fourth-order valence-electron chi connectivity index (χ4n) is 5.30. The second-order valence-electron chi connectivity index (χ2n) is 11.9. The third kappa shape index (κ3) is 7.85. The lowest BCUT2D eigenvalue weighted by molar-refractivity contribution is -0.132. The number of benzene rings is 2. The van der Waals surface area contributed by atoms with Crippen LogP contribution in [0.3, 0.4) is 0 Å². The largest absolute Gasteiger partial charge is 0.444 e. The van der Waals surface area contributed by atoms with E-state index in [1.807, 2.05) is 36.5 Å². The number of ether oxygens (including phenoxy) is 1. The fraction of sp³-hybridized carbons (Fsp3) is 0.387. The van der Waals surface area contributed by atoms with Gasteiger partial charge in [0.15, 0.2) is 0 Å². The van der Waals surface area contributed by atoms with Crippen molar-refractivity contribution in [2.75, 3.05) is 6.54 Å². The van der Waals surface area contributed by atoms with Gasteiger partial charge >= 0.3 is 6.09 Å². The number of amides is 3. The summed E-state index contributed by atoms with van der Waals surface area (Å²) >= 11 is 6.20. The SMILES string of the molecule is C[C@H](NC(=O)[C@H]1C[C@@H](c2cccc(-n3cccn3)c2)CCN1C(=O)OC(C)(C)C)C(=O)NCc1cc(Cl)ccc1-n1cnnn1. The molecule has 2 aromatic heterocycles. The van der Waals surface area contributed by atoms with E-state index >= 15 is 0 Å². The Bertz CT molecular complexity index is 1640. The molecule has 3 atom stereocenters. The summed E-state index contributed by atoms with van der Waals surface area (Å²) in [7, 11) is 0. The smallest absolute Gasteiger partial charge is 0.410 e. The summed E-state index contributed by atoms with van der Waals surface area (Å²) in [4.78, 5) is 41.6. The molecule has 1 aliphatic heterocycles. The van der Waals surface area contributed by atoms with Crippen LogP contribution in [0, 0.1) is 0 Å². The van der Waals surface area contributed by atoms with Crippen LogP contribution in [0.4, 0.5) is 4.79 Å². The second kappa shape index (κ2) is 13.5. The van der Waals surface area contributed by atoms with Gasteiger partial charge in [-0.1, -0.05) is 23.7 Å². The number of hydrogen-bond acceptors (Lipinski definition) is 8. The quantitative estimate of drug-likeness (QED) is 0.298. The highest BCUT2D eigenvalue weighted by Crippen LogP contribution is 2.33. The van der Waals surface area contributed by atoms with Crippen molar-refractivity contribution in [3.8, 4) is 11.4 Å². The van der Waals surface area contributed by atoms with Gasteiger partial charge in [0.1, 0.15) is 24.0 Å². The summed E-state index contributed by atoms with van der Waals surface area (Å²) < 4.78 is 8.89. The standard InChI is InChI=1S/C31H36ClN9O4/c1-20(28(42)33-18-23-15-24(32)9-10-26(23)41-19-34-37-38-41)36-29(43)27-17-22(11-14-39(27)30(44)45-31(2,3)4)21-7-5-8-25(16-21)40-13-6-12-35-40/h5-10,12-13,15-16,19-20,22,27H,11,14,17-18H2,1-4H3,(H,33,42)(H,36,43)/t20-,22-,27+/m0/s1. The zero-order valence-corrected chi connectivity index (χ0v) is 26.3. The number of likely N-dealkylation sites (tertiary alicyclic amines) is 1. The van der Waals surface area contributed by atoms with Crippen LogP contribution in [0.5, 0.6) is 0 Å². The van der Waals surface area contributed by atoms with Crippen molar-refractivity contribution in [1.29, 1.82) is 0 Å². The molecule has 3 amide bonds. The molecule has 2 N–H and O–H groups in total. The Morgan fingerprint density at radius 1 is 1.11 bits per heavy atom. The van der Waals surface area contributed by atoms with Crippen LogP contribution in [0.2, 0.25) is 5.02 Å². The highest BCUT2D eigenvalue weighted by molar-refractivity contribution is 6.30. The van der Waals surface area contributed by atoms with Crippen LogP contribution >= 0.6 is 11.6 Å². The fourth-order valence-corrected chi connectivity index (χ4v) is 5.49. The maximum Gasteiger partial charge on any atom is 0.410 e. The number of tetrazole rings is 1. The average molecular weight is 634 g/mol. The maximum absolute atomic E-state index is 13.8. The summed E-state index contributed by atoms with van der Waals surface area (Å²) in [6.45, 7) is 7.38. The van der Waals surface area contributed by atoms with Crippen molar-refractivity contribution in [3.63, 3.8) is 0 Å². The highest BCUT2D eigenvalue weighted by atomic mass is 35.5. The van der Waals surface area contributed by atoms with E-state index in [1.54, 1.807) is 56.8 Å². The monoisotopic (exact) mass is 633 g/mol. The summed E-state index contributed by atoms with van der Waals surface area (Å²) in [5, 5.41) is 21.7. The molecule has 1 saturated heterocycles. The summed E-state index contributed by atoms with van der Waals surface area (Å²) in [6, 6.07) is 13.3. The molecule has 4 aromatic rings. The van der Waals surface area contributed by atoms with E-state index in [4.69, 9.17) is 16.3 Å². The van der Waals surface area contributed by atoms with E-state index in [0.29, 0.717) is 35.7 Å². The molecule has 14 heteroatoms. The Hall–Kier alpha value is -4.78. The first-order chi connectivity index (χ1) is 21.5. The molecule has 0 bridgehead atoms. The predicted molar refractivity (Wildman–Crippen MR) is 166 cm³/mol. The molecule has 0 spiro atoms. The minimum atomic E-state index is -0.892. The van der Waals surface area contributed by atoms with Crippen LogP contribution < -0.4 is 10.6 Å². The Balaban J connectivity index is 1.29. The van der Waals surface area contributed by atoms with Crippen molar-refractivity contribution in [2.45, 2.75) is 70.7 Å². The number of nitrogens with zero attached hydrogens (tertiary/aromatic N) is 7. The molecule has 1 aliphatic rings. The zero-order valence-electron chi connectivity index (χ0n) is 25.6. The number of piperidine rings is 1. The van der Waals surface area contributed by atoms with Gasteiger partial charge in [0.25, 0.3) is 0 Å². The molecule has 2 aromatic carbocycles. The number of carbonyl (C=O) groups excluding carboxylic acids is 3. The van der Waals surface area contributed by atoms with Crippen molar-refractivity contribution in [1.82, 2.24) is 45.5 Å².